The molecule has 0 spiro atoms. The summed E-state index contributed by atoms with van der Waals surface area (Å²) in [5.74, 6) is 0. The van der Waals surface area contributed by atoms with Gasteiger partial charge in [-0.2, -0.15) is 10.2 Å². The highest BCUT2D eigenvalue weighted by Gasteiger charge is 2.05. The van der Waals surface area contributed by atoms with Gasteiger partial charge in [-0.1, -0.05) is 36.4 Å². The minimum atomic E-state index is 0.800. The molecular formula is C20H22N2. The van der Waals surface area contributed by atoms with Gasteiger partial charge in [-0.15, -0.1) is 13.2 Å². The van der Waals surface area contributed by atoms with Gasteiger partial charge >= 0.3 is 0 Å². The van der Waals surface area contributed by atoms with Crippen LogP contribution in [0.15, 0.2) is 71.9 Å². The molecule has 0 aliphatic heterocycles. The van der Waals surface area contributed by atoms with Crippen LogP contribution in [0.25, 0.3) is 0 Å². The van der Waals surface area contributed by atoms with Gasteiger partial charge in [-0.25, -0.2) is 0 Å². The van der Waals surface area contributed by atoms with Crippen LogP contribution in [-0.4, -0.2) is 0 Å². The maximum absolute atomic E-state index is 4.48. The lowest BCUT2D eigenvalue weighted by molar-refractivity contribution is 1.12. The number of azo groups is 1. The molecule has 0 fully saturated rings. The van der Waals surface area contributed by atoms with E-state index < -0.39 is 0 Å². The fourth-order valence-corrected chi connectivity index (χ4v) is 2.49. The maximum Gasteiger partial charge on any atom is 0.0894 e. The number of nitrogens with zero attached hydrogens (tertiary/aromatic N) is 2. The van der Waals surface area contributed by atoms with Gasteiger partial charge in [-0.05, 0) is 61.1 Å². The van der Waals surface area contributed by atoms with Crippen molar-refractivity contribution >= 4 is 11.4 Å². The van der Waals surface area contributed by atoms with Gasteiger partial charge in [-0.3, -0.25) is 0 Å². The average molecular weight is 290 g/mol. The molecule has 0 unspecified atom stereocenters. The highest BCUT2D eigenvalue weighted by Crippen LogP contribution is 2.28. The lowest BCUT2D eigenvalue weighted by Gasteiger charge is -2.08. The van der Waals surface area contributed by atoms with Crippen molar-refractivity contribution in [2.75, 3.05) is 0 Å². The smallest absolute Gasteiger partial charge is 0.0894 e. The largest absolute Gasteiger partial charge is 0.150 e. The first-order valence-corrected chi connectivity index (χ1v) is 7.48. The topological polar surface area (TPSA) is 24.7 Å². The molecule has 0 heterocycles. The Morgan fingerprint density at radius 3 is 1.55 bits per heavy atom. The summed E-state index contributed by atoms with van der Waals surface area (Å²) in [5.41, 5.74) is 6.61. The molecule has 2 heteroatoms. The number of hydrogen-bond acceptors (Lipinski definition) is 2. The zero-order valence-electron chi connectivity index (χ0n) is 13.3. The zero-order valence-corrected chi connectivity index (χ0v) is 13.3. The van der Waals surface area contributed by atoms with E-state index in [9.17, 15) is 0 Å². The first-order chi connectivity index (χ1) is 10.7. The summed E-state index contributed by atoms with van der Waals surface area (Å²) in [6.07, 6.45) is 5.40. The monoisotopic (exact) mass is 290 g/mol. The number of rotatable bonds is 6. The summed E-state index contributed by atoms with van der Waals surface area (Å²) in [6.45, 7) is 11.8. The van der Waals surface area contributed by atoms with Gasteiger partial charge in [0, 0.05) is 0 Å². The summed E-state index contributed by atoms with van der Waals surface area (Å²) in [6, 6.07) is 12.2. The van der Waals surface area contributed by atoms with Crippen LogP contribution in [0.2, 0.25) is 0 Å². The van der Waals surface area contributed by atoms with Crippen LogP contribution in [0.5, 0.6) is 0 Å². The molecule has 0 aromatic heterocycles. The van der Waals surface area contributed by atoms with Crippen LogP contribution in [0.4, 0.5) is 11.4 Å². The van der Waals surface area contributed by atoms with Crippen molar-refractivity contribution in [3.63, 3.8) is 0 Å². The molecule has 0 aliphatic rings. The van der Waals surface area contributed by atoms with Crippen LogP contribution < -0.4 is 0 Å². The maximum atomic E-state index is 4.48. The standard InChI is InChI=1S/C20H22N2/c1-5-9-17-15(3)11-7-13-19(17)21-22-20-14-8-12-16(4)18(20)10-6-2/h5-8,11-14H,1-2,9-10H2,3-4H3. The molecular weight excluding hydrogens is 268 g/mol. The Labute approximate surface area is 132 Å². The van der Waals surface area contributed by atoms with Crippen molar-refractivity contribution in [2.45, 2.75) is 26.7 Å². The van der Waals surface area contributed by atoms with Crippen molar-refractivity contribution < 1.29 is 0 Å². The lowest BCUT2D eigenvalue weighted by atomic mass is 10.0. The molecule has 112 valence electrons. The summed E-state index contributed by atoms with van der Waals surface area (Å²) in [7, 11) is 0. The molecule has 2 aromatic rings. The Morgan fingerprint density at radius 1 is 0.773 bits per heavy atom. The van der Waals surface area contributed by atoms with Crippen LogP contribution in [-0.2, 0) is 12.8 Å². The Hall–Kier alpha value is -2.48. The van der Waals surface area contributed by atoms with Gasteiger partial charge in [0.1, 0.15) is 0 Å². The van der Waals surface area contributed by atoms with E-state index in [-0.39, 0.29) is 0 Å². The lowest BCUT2D eigenvalue weighted by Crippen LogP contribution is -1.88. The third-order valence-electron chi connectivity index (χ3n) is 3.73. The summed E-state index contributed by atoms with van der Waals surface area (Å²) < 4.78 is 0. The van der Waals surface area contributed by atoms with Gasteiger partial charge in [0.2, 0.25) is 0 Å². The highest BCUT2D eigenvalue weighted by atomic mass is 15.1. The second-order valence-electron chi connectivity index (χ2n) is 5.33. The molecule has 0 bridgehead atoms. The van der Waals surface area contributed by atoms with E-state index in [1.54, 1.807) is 0 Å². The Bertz CT molecular complexity index is 650. The van der Waals surface area contributed by atoms with Crippen molar-refractivity contribution in [3.05, 3.63) is 84.0 Å². The van der Waals surface area contributed by atoms with Crippen LogP contribution in [0.1, 0.15) is 22.3 Å². The van der Waals surface area contributed by atoms with E-state index in [0.29, 0.717) is 0 Å². The molecule has 22 heavy (non-hydrogen) atoms. The van der Waals surface area contributed by atoms with Crippen molar-refractivity contribution in [3.8, 4) is 0 Å². The normalized spacial score (nSPS) is 10.8. The molecule has 2 rings (SSSR count). The molecule has 0 saturated heterocycles. The fourth-order valence-electron chi connectivity index (χ4n) is 2.49. The van der Waals surface area contributed by atoms with E-state index in [2.05, 4.69) is 49.4 Å². The molecule has 2 nitrogen and oxygen atoms in total. The van der Waals surface area contributed by atoms with Crippen molar-refractivity contribution in [1.82, 2.24) is 0 Å². The highest BCUT2D eigenvalue weighted by molar-refractivity contribution is 5.53. The van der Waals surface area contributed by atoms with Gasteiger partial charge in [0.15, 0.2) is 0 Å². The minimum Gasteiger partial charge on any atom is -0.150 e. The van der Waals surface area contributed by atoms with Crippen molar-refractivity contribution in [1.29, 1.82) is 0 Å². The third kappa shape index (κ3) is 3.59. The van der Waals surface area contributed by atoms with E-state index in [4.69, 9.17) is 0 Å². The third-order valence-corrected chi connectivity index (χ3v) is 3.73. The zero-order chi connectivity index (χ0) is 15.9. The predicted octanol–water partition coefficient (Wildman–Crippen LogP) is 6.18. The quantitative estimate of drug-likeness (QED) is 0.448. The number of benzene rings is 2. The number of hydrogen-bond donors (Lipinski definition) is 0. The number of allylic oxidation sites excluding steroid dienone is 2. The predicted molar refractivity (Wildman–Crippen MR) is 94.3 cm³/mol. The Balaban J connectivity index is 2.41. The first kappa shape index (κ1) is 15.9. The average Bonchev–Trinajstić information content (AvgIpc) is 2.51. The summed E-state index contributed by atoms with van der Waals surface area (Å²) in [5, 5.41) is 8.97. The van der Waals surface area contributed by atoms with Crippen LogP contribution in [0.3, 0.4) is 0 Å². The summed E-state index contributed by atoms with van der Waals surface area (Å²) in [4.78, 5) is 0. The van der Waals surface area contributed by atoms with E-state index in [1.165, 1.54) is 22.3 Å². The van der Waals surface area contributed by atoms with Crippen molar-refractivity contribution in [2.24, 2.45) is 10.2 Å². The molecule has 0 radical (unpaired) electrons. The van der Waals surface area contributed by atoms with Gasteiger partial charge in [0.25, 0.3) is 0 Å². The molecule has 0 N–H and O–H groups in total. The number of aryl methyl sites for hydroxylation is 2. The Morgan fingerprint density at radius 2 is 1.18 bits per heavy atom. The second kappa shape index (κ2) is 7.51. The van der Waals surface area contributed by atoms with Crippen LogP contribution >= 0.6 is 0 Å². The molecule has 0 amide bonds. The van der Waals surface area contributed by atoms with Gasteiger partial charge in [0.05, 0.1) is 11.4 Å². The SMILES string of the molecule is C=CCc1c(C)cccc1N=Nc1cccc(C)c1CC=C. The fraction of sp³-hybridized carbons (Fsp3) is 0.200. The Kier molecular flexibility index (Phi) is 5.42. The van der Waals surface area contributed by atoms with E-state index in [1.807, 2.05) is 36.4 Å². The van der Waals surface area contributed by atoms with E-state index >= 15 is 0 Å². The second-order valence-corrected chi connectivity index (χ2v) is 5.33. The molecule has 0 atom stereocenters. The van der Waals surface area contributed by atoms with Crippen LogP contribution in [0, 0.1) is 13.8 Å². The van der Waals surface area contributed by atoms with Gasteiger partial charge < -0.3 is 0 Å². The molecule has 0 saturated carbocycles. The minimum absolute atomic E-state index is 0.800. The molecule has 2 aromatic carbocycles. The first-order valence-electron chi connectivity index (χ1n) is 7.48. The summed E-state index contributed by atoms with van der Waals surface area (Å²) >= 11 is 0. The molecule has 0 aliphatic carbocycles. The van der Waals surface area contributed by atoms with E-state index in [0.717, 1.165) is 24.2 Å².